The molecule has 1 aromatic carbocycles. The SMILES string of the molecule is CCCC[C@](C)(OCC)C(=O)Nc1ccc(OCCN2C[C@H](C)C[C@@H](C)C2)cc1. The Labute approximate surface area is 177 Å². The first-order chi connectivity index (χ1) is 13.9. The maximum atomic E-state index is 12.7. The van der Waals surface area contributed by atoms with Gasteiger partial charge in [-0.05, 0) is 62.8 Å². The zero-order chi connectivity index (χ0) is 21.3. The molecular formula is C24H40N2O3. The monoisotopic (exact) mass is 404 g/mol. The third kappa shape index (κ3) is 7.63. The molecule has 1 aliphatic rings. The molecule has 1 heterocycles. The van der Waals surface area contributed by atoms with Crippen molar-refractivity contribution in [3.05, 3.63) is 24.3 Å². The maximum Gasteiger partial charge on any atom is 0.256 e. The van der Waals surface area contributed by atoms with Gasteiger partial charge in [-0.25, -0.2) is 0 Å². The van der Waals surface area contributed by atoms with E-state index in [4.69, 9.17) is 9.47 Å². The van der Waals surface area contributed by atoms with Gasteiger partial charge in [0.25, 0.3) is 5.91 Å². The summed E-state index contributed by atoms with van der Waals surface area (Å²) >= 11 is 0. The normalized spacial score (nSPS) is 22.1. The number of carbonyl (C=O) groups is 1. The summed E-state index contributed by atoms with van der Waals surface area (Å²) in [6.45, 7) is 15.1. The van der Waals surface area contributed by atoms with Gasteiger partial charge in [0.2, 0.25) is 0 Å². The Morgan fingerprint density at radius 1 is 1.17 bits per heavy atom. The minimum absolute atomic E-state index is 0.0881. The number of nitrogens with zero attached hydrogens (tertiary/aromatic N) is 1. The quantitative estimate of drug-likeness (QED) is 0.566. The molecule has 1 amide bonds. The molecular weight excluding hydrogens is 364 g/mol. The van der Waals surface area contributed by atoms with Crippen molar-refractivity contribution in [2.75, 3.05) is 38.2 Å². The number of amides is 1. The highest BCUT2D eigenvalue weighted by atomic mass is 16.5. The number of piperidine rings is 1. The molecule has 0 aromatic heterocycles. The summed E-state index contributed by atoms with van der Waals surface area (Å²) in [6, 6.07) is 7.62. The average Bonchev–Trinajstić information content (AvgIpc) is 2.67. The number of anilines is 1. The molecule has 1 N–H and O–H groups in total. The Bertz CT molecular complexity index is 609. The Hall–Kier alpha value is -1.59. The van der Waals surface area contributed by atoms with Crippen LogP contribution in [0.4, 0.5) is 5.69 Å². The van der Waals surface area contributed by atoms with Crippen LogP contribution in [0.15, 0.2) is 24.3 Å². The van der Waals surface area contributed by atoms with Gasteiger partial charge in [0, 0.05) is 31.9 Å². The van der Waals surface area contributed by atoms with E-state index in [1.165, 1.54) is 6.42 Å². The summed E-state index contributed by atoms with van der Waals surface area (Å²) in [5, 5.41) is 2.99. The molecule has 1 fully saturated rings. The molecule has 29 heavy (non-hydrogen) atoms. The zero-order valence-corrected chi connectivity index (χ0v) is 19.0. The van der Waals surface area contributed by atoms with Crippen molar-refractivity contribution < 1.29 is 14.3 Å². The highest BCUT2D eigenvalue weighted by molar-refractivity contribution is 5.97. The van der Waals surface area contributed by atoms with Crippen LogP contribution >= 0.6 is 0 Å². The summed E-state index contributed by atoms with van der Waals surface area (Å²) in [4.78, 5) is 15.2. The highest BCUT2D eigenvalue weighted by Gasteiger charge is 2.33. The summed E-state index contributed by atoms with van der Waals surface area (Å²) < 4.78 is 11.7. The van der Waals surface area contributed by atoms with Crippen LogP contribution in [-0.2, 0) is 9.53 Å². The lowest BCUT2D eigenvalue weighted by Crippen LogP contribution is -2.42. The van der Waals surface area contributed by atoms with Crippen LogP contribution < -0.4 is 10.1 Å². The second-order valence-corrected chi connectivity index (χ2v) is 8.80. The van der Waals surface area contributed by atoms with Gasteiger partial charge in [-0.1, -0.05) is 33.6 Å². The van der Waals surface area contributed by atoms with E-state index in [0.717, 1.165) is 62.2 Å². The molecule has 164 valence electrons. The summed E-state index contributed by atoms with van der Waals surface area (Å²) in [5.74, 6) is 2.28. The van der Waals surface area contributed by atoms with Gasteiger partial charge in [-0.3, -0.25) is 9.69 Å². The van der Waals surface area contributed by atoms with Gasteiger partial charge >= 0.3 is 0 Å². The molecule has 1 aromatic rings. The van der Waals surface area contributed by atoms with E-state index in [2.05, 4.69) is 31.0 Å². The van der Waals surface area contributed by atoms with Crippen molar-refractivity contribution >= 4 is 11.6 Å². The Balaban J connectivity index is 1.82. The van der Waals surface area contributed by atoms with E-state index in [1.54, 1.807) is 0 Å². The van der Waals surface area contributed by atoms with Crippen molar-refractivity contribution in [1.82, 2.24) is 4.90 Å². The van der Waals surface area contributed by atoms with Gasteiger partial charge in [-0.2, -0.15) is 0 Å². The van der Waals surface area contributed by atoms with Crippen molar-refractivity contribution in [2.45, 2.75) is 65.9 Å². The van der Waals surface area contributed by atoms with Crippen molar-refractivity contribution in [3.8, 4) is 5.75 Å². The number of unbranched alkanes of at least 4 members (excludes halogenated alkanes) is 1. The Kier molecular flexibility index (Phi) is 9.44. The minimum Gasteiger partial charge on any atom is -0.492 e. The first kappa shape index (κ1) is 23.7. The van der Waals surface area contributed by atoms with Crippen LogP contribution in [0.5, 0.6) is 5.75 Å². The first-order valence-electron chi connectivity index (χ1n) is 11.3. The van der Waals surface area contributed by atoms with E-state index < -0.39 is 5.60 Å². The molecule has 1 saturated heterocycles. The van der Waals surface area contributed by atoms with Crippen molar-refractivity contribution in [1.29, 1.82) is 0 Å². The van der Waals surface area contributed by atoms with E-state index in [-0.39, 0.29) is 5.91 Å². The van der Waals surface area contributed by atoms with E-state index >= 15 is 0 Å². The second kappa shape index (κ2) is 11.6. The fourth-order valence-corrected chi connectivity index (χ4v) is 4.25. The number of rotatable bonds is 11. The largest absolute Gasteiger partial charge is 0.492 e. The van der Waals surface area contributed by atoms with Gasteiger partial charge in [0.05, 0.1) is 0 Å². The molecule has 0 saturated carbocycles. The fraction of sp³-hybridized carbons (Fsp3) is 0.708. The van der Waals surface area contributed by atoms with E-state index in [9.17, 15) is 4.79 Å². The number of hydrogen-bond acceptors (Lipinski definition) is 4. The number of nitrogens with one attached hydrogen (secondary N) is 1. The zero-order valence-electron chi connectivity index (χ0n) is 19.0. The molecule has 2 rings (SSSR count). The molecule has 0 aliphatic carbocycles. The molecule has 0 radical (unpaired) electrons. The Morgan fingerprint density at radius 3 is 2.41 bits per heavy atom. The predicted octanol–water partition coefficient (Wildman–Crippen LogP) is 4.97. The van der Waals surface area contributed by atoms with Gasteiger partial charge < -0.3 is 14.8 Å². The molecule has 0 unspecified atom stereocenters. The molecule has 1 aliphatic heterocycles. The molecule has 0 bridgehead atoms. The molecule has 0 spiro atoms. The lowest BCUT2D eigenvalue weighted by Gasteiger charge is -2.34. The topological polar surface area (TPSA) is 50.8 Å². The standard InChI is InChI=1S/C24H40N2O3/c1-6-8-13-24(5,29-7-2)23(27)25-21-9-11-22(12-10-21)28-15-14-26-17-19(3)16-20(4)18-26/h9-12,19-20H,6-8,13-18H2,1-5H3,(H,25,27)/t19-,20-,24+/m1/s1. The fourth-order valence-electron chi connectivity index (χ4n) is 4.25. The second-order valence-electron chi connectivity index (χ2n) is 8.80. The van der Waals surface area contributed by atoms with Crippen LogP contribution in [0.25, 0.3) is 0 Å². The third-order valence-corrected chi connectivity index (χ3v) is 5.68. The average molecular weight is 405 g/mol. The number of hydrogen-bond donors (Lipinski definition) is 1. The predicted molar refractivity (Wildman–Crippen MR) is 120 cm³/mol. The van der Waals surface area contributed by atoms with Crippen LogP contribution in [0.2, 0.25) is 0 Å². The Morgan fingerprint density at radius 2 is 1.83 bits per heavy atom. The number of likely N-dealkylation sites (tertiary alicyclic amines) is 1. The first-order valence-corrected chi connectivity index (χ1v) is 11.3. The summed E-state index contributed by atoms with van der Waals surface area (Å²) in [7, 11) is 0. The van der Waals surface area contributed by atoms with Gasteiger partial charge in [-0.15, -0.1) is 0 Å². The van der Waals surface area contributed by atoms with Gasteiger partial charge in [0.15, 0.2) is 0 Å². The van der Waals surface area contributed by atoms with E-state index in [0.29, 0.717) is 13.2 Å². The number of ether oxygens (including phenoxy) is 2. The van der Waals surface area contributed by atoms with Crippen LogP contribution in [0.3, 0.4) is 0 Å². The summed E-state index contributed by atoms with van der Waals surface area (Å²) in [6.07, 6.45) is 4.05. The summed E-state index contributed by atoms with van der Waals surface area (Å²) in [5.41, 5.74) is -0.0220. The third-order valence-electron chi connectivity index (χ3n) is 5.68. The maximum absolute atomic E-state index is 12.7. The van der Waals surface area contributed by atoms with Crippen LogP contribution in [0.1, 0.15) is 60.3 Å². The lowest BCUT2D eigenvalue weighted by molar-refractivity contribution is -0.139. The number of benzene rings is 1. The van der Waals surface area contributed by atoms with E-state index in [1.807, 2.05) is 38.1 Å². The van der Waals surface area contributed by atoms with Crippen LogP contribution in [0, 0.1) is 11.8 Å². The van der Waals surface area contributed by atoms with Gasteiger partial charge in [0.1, 0.15) is 18.0 Å². The molecule has 5 nitrogen and oxygen atoms in total. The highest BCUT2D eigenvalue weighted by Crippen LogP contribution is 2.23. The lowest BCUT2D eigenvalue weighted by atomic mass is 9.92. The van der Waals surface area contributed by atoms with Crippen molar-refractivity contribution in [2.24, 2.45) is 11.8 Å². The minimum atomic E-state index is -0.789. The number of carbonyl (C=O) groups excluding carboxylic acids is 1. The van der Waals surface area contributed by atoms with Crippen molar-refractivity contribution in [3.63, 3.8) is 0 Å². The molecule has 3 atom stereocenters. The van der Waals surface area contributed by atoms with Crippen LogP contribution in [-0.4, -0.2) is 49.3 Å². The smallest absolute Gasteiger partial charge is 0.256 e. The molecule has 5 heteroatoms.